The van der Waals surface area contributed by atoms with E-state index >= 15 is 0 Å². The van der Waals surface area contributed by atoms with E-state index in [4.69, 9.17) is 10.6 Å². The first-order valence-corrected chi connectivity index (χ1v) is 5.03. The van der Waals surface area contributed by atoms with Gasteiger partial charge in [0.25, 0.3) is 0 Å². The standard InChI is InChI=1S/C9H14F3N5O/c1-17(2)3-4-18-7-5-6(16-13)14-8(15-7)9(10,11)12/h5H,3-4,13H2,1-2H3,(H,14,15,16). The maximum Gasteiger partial charge on any atom is 0.451 e. The maximum atomic E-state index is 12.5. The van der Waals surface area contributed by atoms with Crippen molar-refractivity contribution in [2.45, 2.75) is 6.18 Å². The minimum absolute atomic E-state index is 0.155. The molecule has 0 aliphatic rings. The van der Waals surface area contributed by atoms with Crippen LogP contribution in [0.25, 0.3) is 0 Å². The number of rotatable bonds is 5. The van der Waals surface area contributed by atoms with Gasteiger partial charge in [0, 0.05) is 12.6 Å². The highest BCUT2D eigenvalue weighted by atomic mass is 19.4. The summed E-state index contributed by atoms with van der Waals surface area (Å²) in [4.78, 5) is 8.31. The number of hydrogen-bond acceptors (Lipinski definition) is 6. The average molecular weight is 265 g/mol. The largest absolute Gasteiger partial charge is 0.476 e. The van der Waals surface area contributed by atoms with Crippen LogP contribution in [0.3, 0.4) is 0 Å². The van der Waals surface area contributed by atoms with E-state index in [0.29, 0.717) is 6.54 Å². The predicted octanol–water partition coefficient (Wildman–Crippen LogP) is 0.721. The van der Waals surface area contributed by atoms with Gasteiger partial charge in [-0.1, -0.05) is 0 Å². The molecule has 0 saturated heterocycles. The molecule has 0 aromatic carbocycles. The number of likely N-dealkylation sites (N-methyl/N-ethyl adjacent to an activating group) is 1. The Hall–Kier alpha value is -1.61. The van der Waals surface area contributed by atoms with Crippen LogP contribution in [0.15, 0.2) is 6.07 Å². The lowest BCUT2D eigenvalue weighted by atomic mass is 10.5. The highest BCUT2D eigenvalue weighted by Crippen LogP contribution is 2.28. The van der Waals surface area contributed by atoms with Gasteiger partial charge in [-0.3, -0.25) is 0 Å². The van der Waals surface area contributed by atoms with E-state index in [1.165, 1.54) is 6.07 Å². The second kappa shape index (κ2) is 5.83. The summed E-state index contributed by atoms with van der Waals surface area (Å²) >= 11 is 0. The zero-order chi connectivity index (χ0) is 13.8. The quantitative estimate of drug-likeness (QED) is 0.603. The zero-order valence-electron chi connectivity index (χ0n) is 9.95. The number of anilines is 1. The fourth-order valence-electron chi connectivity index (χ4n) is 1.03. The van der Waals surface area contributed by atoms with Gasteiger partial charge in [0.2, 0.25) is 11.7 Å². The Morgan fingerprint density at radius 2 is 2.06 bits per heavy atom. The summed E-state index contributed by atoms with van der Waals surface area (Å²) in [5, 5.41) is 0. The zero-order valence-corrected chi connectivity index (χ0v) is 9.95. The molecule has 9 heteroatoms. The topological polar surface area (TPSA) is 76.3 Å². The van der Waals surface area contributed by atoms with E-state index in [-0.39, 0.29) is 18.3 Å². The second-order valence-electron chi connectivity index (χ2n) is 3.71. The highest BCUT2D eigenvalue weighted by Gasteiger charge is 2.35. The lowest BCUT2D eigenvalue weighted by molar-refractivity contribution is -0.145. The van der Waals surface area contributed by atoms with E-state index < -0.39 is 12.0 Å². The summed E-state index contributed by atoms with van der Waals surface area (Å²) < 4.78 is 42.5. The number of halogens is 3. The van der Waals surface area contributed by atoms with Gasteiger partial charge >= 0.3 is 6.18 Å². The number of alkyl halides is 3. The Labute approximate surface area is 102 Å². The van der Waals surface area contributed by atoms with Crippen LogP contribution >= 0.6 is 0 Å². The Kier molecular flexibility index (Phi) is 4.68. The molecule has 0 radical (unpaired) electrons. The van der Waals surface area contributed by atoms with Gasteiger partial charge in [-0.15, -0.1) is 0 Å². The molecule has 0 aliphatic heterocycles. The molecule has 0 unspecified atom stereocenters. The molecule has 1 aromatic heterocycles. The average Bonchev–Trinajstić information content (AvgIpc) is 2.27. The molecular formula is C9H14F3N5O. The van der Waals surface area contributed by atoms with Crippen LogP contribution in [0.4, 0.5) is 19.0 Å². The fraction of sp³-hybridized carbons (Fsp3) is 0.556. The first-order valence-electron chi connectivity index (χ1n) is 5.03. The fourth-order valence-corrected chi connectivity index (χ4v) is 1.03. The number of hydrazine groups is 1. The molecule has 0 amide bonds. The van der Waals surface area contributed by atoms with E-state index in [0.717, 1.165) is 0 Å². The molecule has 0 spiro atoms. The Balaban J connectivity index is 2.84. The lowest BCUT2D eigenvalue weighted by Crippen LogP contribution is -2.21. The van der Waals surface area contributed by atoms with Crippen molar-refractivity contribution in [3.05, 3.63) is 11.9 Å². The van der Waals surface area contributed by atoms with Crippen LogP contribution in [0.2, 0.25) is 0 Å². The highest BCUT2D eigenvalue weighted by molar-refractivity contribution is 5.37. The van der Waals surface area contributed by atoms with Gasteiger partial charge in [0.05, 0.1) is 0 Å². The van der Waals surface area contributed by atoms with E-state index in [9.17, 15) is 13.2 Å². The van der Waals surface area contributed by atoms with Gasteiger partial charge < -0.3 is 15.1 Å². The van der Waals surface area contributed by atoms with Crippen LogP contribution < -0.4 is 16.0 Å². The molecular weight excluding hydrogens is 251 g/mol. The van der Waals surface area contributed by atoms with Crippen molar-refractivity contribution >= 4 is 5.82 Å². The SMILES string of the molecule is CN(C)CCOc1cc(NN)nc(C(F)(F)F)n1. The van der Waals surface area contributed by atoms with Crippen LogP contribution in [-0.4, -0.2) is 42.1 Å². The number of nitrogens with two attached hydrogens (primary N) is 1. The molecule has 0 bridgehead atoms. The smallest absolute Gasteiger partial charge is 0.451 e. The van der Waals surface area contributed by atoms with Crippen molar-refractivity contribution in [1.29, 1.82) is 0 Å². The van der Waals surface area contributed by atoms with Crippen molar-refractivity contribution in [3.63, 3.8) is 0 Å². The second-order valence-corrected chi connectivity index (χ2v) is 3.71. The predicted molar refractivity (Wildman–Crippen MR) is 58.9 cm³/mol. The maximum absolute atomic E-state index is 12.5. The Morgan fingerprint density at radius 3 is 2.56 bits per heavy atom. The molecule has 18 heavy (non-hydrogen) atoms. The summed E-state index contributed by atoms with van der Waals surface area (Å²) in [6.07, 6.45) is -4.65. The molecule has 1 heterocycles. The molecule has 0 saturated carbocycles. The van der Waals surface area contributed by atoms with E-state index in [1.54, 1.807) is 0 Å². The van der Waals surface area contributed by atoms with Gasteiger partial charge in [-0.2, -0.15) is 18.2 Å². The molecule has 0 aliphatic carbocycles. The minimum atomic E-state index is -4.65. The third kappa shape index (κ3) is 4.34. The third-order valence-electron chi connectivity index (χ3n) is 1.89. The van der Waals surface area contributed by atoms with Crippen molar-refractivity contribution < 1.29 is 17.9 Å². The number of hydrogen-bond donors (Lipinski definition) is 2. The van der Waals surface area contributed by atoms with Crippen LogP contribution in [0.1, 0.15) is 5.82 Å². The summed E-state index contributed by atoms with van der Waals surface area (Å²) in [5.74, 6) is 3.41. The monoisotopic (exact) mass is 265 g/mol. The Bertz CT molecular complexity index is 396. The Morgan fingerprint density at radius 1 is 1.39 bits per heavy atom. The minimum Gasteiger partial charge on any atom is -0.476 e. The van der Waals surface area contributed by atoms with Crippen molar-refractivity contribution in [3.8, 4) is 5.88 Å². The van der Waals surface area contributed by atoms with Crippen LogP contribution in [0.5, 0.6) is 5.88 Å². The molecule has 1 rings (SSSR count). The van der Waals surface area contributed by atoms with Gasteiger partial charge in [0.15, 0.2) is 0 Å². The number of nitrogens with one attached hydrogen (secondary N) is 1. The molecule has 1 aromatic rings. The number of nitrogens with zero attached hydrogens (tertiary/aromatic N) is 3. The normalized spacial score (nSPS) is 11.7. The van der Waals surface area contributed by atoms with E-state index in [2.05, 4.69) is 9.97 Å². The van der Waals surface area contributed by atoms with Gasteiger partial charge in [-0.25, -0.2) is 10.8 Å². The first-order chi connectivity index (χ1) is 8.32. The van der Waals surface area contributed by atoms with Crippen molar-refractivity contribution in [2.75, 3.05) is 32.7 Å². The summed E-state index contributed by atoms with van der Waals surface area (Å²) in [7, 11) is 3.63. The molecule has 3 N–H and O–H groups in total. The van der Waals surface area contributed by atoms with Crippen molar-refractivity contribution in [2.24, 2.45) is 5.84 Å². The number of aromatic nitrogens is 2. The van der Waals surface area contributed by atoms with Gasteiger partial charge in [0.1, 0.15) is 12.4 Å². The van der Waals surface area contributed by atoms with Gasteiger partial charge in [-0.05, 0) is 14.1 Å². The molecule has 0 atom stereocenters. The first kappa shape index (κ1) is 14.5. The number of nitrogen functional groups attached to an aromatic ring is 1. The lowest BCUT2D eigenvalue weighted by Gasteiger charge is -2.12. The van der Waals surface area contributed by atoms with Crippen molar-refractivity contribution in [1.82, 2.24) is 14.9 Å². The summed E-state index contributed by atoms with van der Waals surface area (Å²) in [6, 6.07) is 1.20. The summed E-state index contributed by atoms with van der Waals surface area (Å²) in [6.45, 7) is 0.766. The van der Waals surface area contributed by atoms with E-state index in [1.807, 2.05) is 24.4 Å². The number of ether oxygens (including phenoxy) is 1. The van der Waals surface area contributed by atoms with Crippen LogP contribution in [-0.2, 0) is 6.18 Å². The molecule has 6 nitrogen and oxygen atoms in total. The molecule has 0 fully saturated rings. The molecule has 102 valence electrons. The van der Waals surface area contributed by atoms with Crippen LogP contribution in [0, 0.1) is 0 Å². The summed E-state index contributed by atoms with van der Waals surface area (Å²) in [5.41, 5.74) is 2.04. The third-order valence-corrected chi connectivity index (χ3v) is 1.89.